The maximum atomic E-state index is 12.3. The molecule has 0 saturated carbocycles. The molecule has 2 aromatic heterocycles. The zero-order valence-electron chi connectivity index (χ0n) is 14.9. The van der Waals surface area contributed by atoms with E-state index in [2.05, 4.69) is 47.1 Å². The van der Waals surface area contributed by atoms with E-state index in [0.717, 1.165) is 17.5 Å². The van der Waals surface area contributed by atoms with E-state index < -0.39 is 5.97 Å². The first-order valence-electron chi connectivity index (χ1n) is 8.36. The fraction of sp³-hybridized carbons (Fsp3) is 0.316. The van der Waals surface area contributed by atoms with Crippen molar-refractivity contribution in [2.45, 2.75) is 40.2 Å². The number of carbonyl (C=O) groups is 1. The highest BCUT2D eigenvalue weighted by molar-refractivity contribution is 5.86. The average Bonchev–Trinajstić information content (AvgIpc) is 3.26. The Labute approximate surface area is 146 Å². The number of aromatic amines is 1. The van der Waals surface area contributed by atoms with E-state index in [1.807, 2.05) is 13.8 Å². The predicted octanol–water partition coefficient (Wildman–Crippen LogP) is 3.61. The number of nitrogens with one attached hydrogen (secondary N) is 1. The fourth-order valence-corrected chi connectivity index (χ4v) is 2.70. The number of nitrogens with zero attached hydrogens (tertiary/aromatic N) is 3. The number of imidazole rings is 1. The van der Waals surface area contributed by atoms with Crippen molar-refractivity contribution in [1.82, 2.24) is 19.7 Å². The number of H-pyrrole nitrogens is 1. The first kappa shape index (κ1) is 17.0. The molecule has 3 rings (SSSR count). The molecule has 1 unspecified atom stereocenters. The second kappa shape index (κ2) is 6.93. The van der Waals surface area contributed by atoms with Gasteiger partial charge in [0.15, 0.2) is 0 Å². The second-order valence-corrected chi connectivity index (χ2v) is 6.12. The molecule has 130 valence electrons. The molecule has 0 aliphatic rings. The number of hydrogen-bond acceptors (Lipinski definition) is 4. The number of benzene rings is 1. The number of carbonyl (C=O) groups excluding carboxylic acids is 1. The summed E-state index contributed by atoms with van der Waals surface area (Å²) in [5, 5.41) is 4.46. The van der Waals surface area contributed by atoms with E-state index in [9.17, 15) is 4.79 Å². The molecule has 0 fully saturated rings. The largest absolute Gasteiger partial charge is 0.402 e. The number of aromatic nitrogens is 4. The Hall–Kier alpha value is -2.89. The summed E-state index contributed by atoms with van der Waals surface area (Å²) in [7, 11) is 0. The standard InChI is InChI=1S/C19H22N4O2/c1-5-15-11-22-23(14(4)16-7-6-12(2)13(3)10-16)18(15)25-19(24)17-20-8-9-21-17/h6-11,14H,5H2,1-4H3,(H,20,21). The smallest absolute Gasteiger partial charge is 0.381 e. The molecule has 2 heterocycles. The third-order valence-corrected chi connectivity index (χ3v) is 4.46. The van der Waals surface area contributed by atoms with Gasteiger partial charge < -0.3 is 9.72 Å². The molecule has 0 radical (unpaired) electrons. The van der Waals surface area contributed by atoms with E-state index in [-0.39, 0.29) is 11.9 Å². The molecule has 0 amide bonds. The summed E-state index contributed by atoms with van der Waals surface area (Å²) in [6.45, 7) is 8.22. The number of rotatable bonds is 5. The molecule has 25 heavy (non-hydrogen) atoms. The van der Waals surface area contributed by atoms with Crippen LogP contribution in [-0.2, 0) is 6.42 Å². The highest BCUT2D eigenvalue weighted by Crippen LogP contribution is 2.28. The van der Waals surface area contributed by atoms with Crippen LogP contribution in [0, 0.1) is 13.8 Å². The van der Waals surface area contributed by atoms with Crippen molar-refractivity contribution < 1.29 is 9.53 Å². The predicted molar refractivity (Wildman–Crippen MR) is 94.9 cm³/mol. The quantitative estimate of drug-likeness (QED) is 0.721. The van der Waals surface area contributed by atoms with E-state index in [1.165, 1.54) is 17.3 Å². The Bertz CT molecular complexity index is 881. The van der Waals surface area contributed by atoms with Crippen LogP contribution in [0.2, 0.25) is 0 Å². The van der Waals surface area contributed by atoms with Crippen molar-refractivity contribution in [3.8, 4) is 5.88 Å². The minimum atomic E-state index is -0.520. The molecule has 6 nitrogen and oxygen atoms in total. The molecular formula is C19H22N4O2. The summed E-state index contributed by atoms with van der Waals surface area (Å²) in [6.07, 6.45) is 5.58. The molecule has 0 saturated heterocycles. The monoisotopic (exact) mass is 338 g/mol. The van der Waals surface area contributed by atoms with Crippen LogP contribution in [-0.4, -0.2) is 25.7 Å². The van der Waals surface area contributed by atoms with Crippen LogP contribution in [0.4, 0.5) is 0 Å². The number of aryl methyl sites for hydroxylation is 3. The van der Waals surface area contributed by atoms with E-state index >= 15 is 0 Å². The summed E-state index contributed by atoms with van der Waals surface area (Å²) in [4.78, 5) is 19.0. The Balaban J connectivity index is 1.94. The molecule has 1 atom stereocenters. The SMILES string of the molecule is CCc1cnn(C(C)c2ccc(C)c(C)c2)c1OC(=O)c1ncc[nH]1. The molecule has 6 heteroatoms. The highest BCUT2D eigenvalue weighted by atomic mass is 16.5. The van der Waals surface area contributed by atoms with Crippen LogP contribution in [0.15, 0.2) is 36.8 Å². The molecule has 0 aliphatic heterocycles. The van der Waals surface area contributed by atoms with Crippen molar-refractivity contribution in [3.05, 3.63) is 64.9 Å². The molecule has 1 N–H and O–H groups in total. The van der Waals surface area contributed by atoms with Crippen LogP contribution in [0.3, 0.4) is 0 Å². The van der Waals surface area contributed by atoms with Gasteiger partial charge in [-0.05, 0) is 43.9 Å². The van der Waals surface area contributed by atoms with Gasteiger partial charge in [-0.2, -0.15) is 5.10 Å². The topological polar surface area (TPSA) is 72.8 Å². The van der Waals surface area contributed by atoms with Gasteiger partial charge in [-0.3, -0.25) is 0 Å². The Morgan fingerprint density at radius 3 is 2.76 bits per heavy atom. The lowest BCUT2D eigenvalue weighted by Crippen LogP contribution is -2.17. The maximum absolute atomic E-state index is 12.3. The molecular weight excluding hydrogens is 316 g/mol. The molecule has 0 spiro atoms. The van der Waals surface area contributed by atoms with E-state index in [1.54, 1.807) is 17.1 Å². The third kappa shape index (κ3) is 3.33. The fourth-order valence-electron chi connectivity index (χ4n) is 2.70. The van der Waals surface area contributed by atoms with Gasteiger partial charge in [0.2, 0.25) is 11.7 Å². The van der Waals surface area contributed by atoms with Crippen molar-refractivity contribution >= 4 is 5.97 Å². The number of esters is 1. The first-order chi connectivity index (χ1) is 12.0. The van der Waals surface area contributed by atoms with Crippen molar-refractivity contribution in [2.24, 2.45) is 0 Å². The summed E-state index contributed by atoms with van der Waals surface area (Å²) < 4.78 is 7.37. The number of hydrogen-bond donors (Lipinski definition) is 1. The Morgan fingerprint density at radius 2 is 2.12 bits per heavy atom. The lowest BCUT2D eigenvalue weighted by molar-refractivity contribution is 0.0703. The molecule has 3 aromatic rings. The van der Waals surface area contributed by atoms with Gasteiger partial charge in [0.25, 0.3) is 0 Å². The molecule has 1 aromatic carbocycles. The maximum Gasteiger partial charge on any atom is 0.381 e. The Morgan fingerprint density at radius 1 is 1.32 bits per heavy atom. The lowest BCUT2D eigenvalue weighted by atomic mass is 10.0. The first-order valence-corrected chi connectivity index (χ1v) is 8.36. The average molecular weight is 338 g/mol. The van der Waals surface area contributed by atoms with Gasteiger partial charge in [-0.1, -0.05) is 25.1 Å². The van der Waals surface area contributed by atoms with Crippen LogP contribution < -0.4 is 4.74 Å². The zero-order chi connectivity index (χ0) is 18.0. The lowest BCUT2D eigenvalue weighted by Gasteiger charge is -2.17. The normalized spacial score (nSPS) is 12.2. The van der Waals surface area contributed by atoms with Crippen molar-refractivity contribution in [3.63, 3.8) is 0 Å². The van der Waals surface area contributed by atoms with Gasteiger partial charge in [0.05, 0.1) is 12.2 Å². The van der Waals surface area contributed by atoms with Gasteiger partial charge in [-0.25, -0.2) is 14.5 Å². The molecule has 0 aliphatic carbocycles. The Kier molecular flexibility index (Phi) is 4.70. The summed E-state index contributed by atoms with van der Waals surface area (Å²) in [6, 6.07) is 6.27. The molecule has 0 bridgehead atoms. The van der Waals surface area contributed by atoms with Crippen molar-refractivity contribution in [2.75, 3.05) is 0 Å². The van der Waals surface area contributed by atoms with E-state index in [4.69, 9.17) is 4.74 Å². The minimum absolute atomic E-state index is 0.0565. The number of ether oxygens (including phenoxy) is 1. The van der Waals surface area contributed by atoms with Gasteiger partial charge in [0, 0.05) is 18.0 Å². The highest BCUT2D eigenvalue weighted by Gasteiger charge is 2.22. The minimum Gasteiger partial charge on any atom is -0.402 e. The van der Waals surface area contributed by atoms with E-state index in [0.29, 0.717) is 5.88 Å². The summed E-state index contributed by atoms with van der Waals surface area (Å²) in [5.74, 6) is 0.122. The van der Waals surface area contributed by atoms with Gasteiger partial charge in [-0.15, -0.1) is 0 Å². The zero-order valence-corrected chi connectivity index (χ0v) is 14.9. The van der Waals surface area contributed by atoms with Crippen LogP contribution in [0.5, 0.6) is 5.88 Å². The summed E-state index contributed by atoms with van der Waals surface area (Å²) >= 11 is 0. The van der Waals surface area contributed by atoms with Gasteiger partial charge >= 0.3 is 5.97 Å². The van der Waals surface area contributed by atoms with Gasteiger partial charge in [0.1, 0.15) is 0 Å². The van der Waals surface area contributed by atoms with Crippen LogP contribution >= 0.6 is 0 Å². The van der Waals surface area contributed by atoms with Crippen LogP contribution in [0.1, 0.15) is 52.8 Å². The third-order valence-electron chi connectivity index (χ3n) is 4.46. The second-order valence-electron chi connectivity index (χ2n) is 6.12. The summed E-state index contributed by atoms with van der Waals surface area (Å²) in [5.41, 5.74) is 4.47. The van der Waals surface area contributed by atoms with Crippen LogP contribution in [0.25, 0.3) is 0 Å². The van der Waals surface area contributed by atoms with Crippen molar-refractivity contribution in [1.29, 1.82) is 0 Å².